The average molecular weight is 478 g/mol. The molecule has 0 fully saturated rings. The molecular weight excluding hydrogens is 466 g/mol. The van der Waals surface area contributed by atoms with Crippen molar-refractivity contribution in [3.63, 3.8) is 0 Å². The molecule has 0 aromatic heterocycles. The van der Waals surface area contributed by atoms with Gasteiger partial charge in [0.15, 0.2) is 0 Å². The zero-order valence-electron chi connectivity index (χ0n) is 16.6. The van der Waals surface area contributed by atoms with E-state index in [4.69, 9.17) is 14.2 Å². The van der Waals surface area contributed by atoms with E-state index in [2.05, 4.69) is 4.74 Å². The van der Waals surface area contributed by atoms with Crippen molar-refractivity contribution in [2.75, 3.05) is 0 Å². The molecule has 0 amide bonds. The number of esters is 3. The molecule has 3 rings (SSSR count). The third-order valence-corrected chi connectivity index (χ3v) is 4.16. The van der Waals surface area contributed by atoms with Crippen LogP contribution in [0.1, 0.15) is 45.7 Å². The summed E-state index contributed by atoms with van der Waals surface area (Å²) in [6.07, 6.45) is -9.60. The van der Waals surface area contributed by atoms with E-state index in [0.29, 0.717) is 30.3 Å². The van der Waals surface area contributed by atoms with E-state index in [9.17, 15) is 40.7 Å². The first-order valence-corrected chi connectivity index (χ1v) is 8.86. The highest BCUT2D eigenvalue weighted by atomic mass is 19.4. The Morgan fingerprint density at radius 3 is 2.06 bits per heavy atom. The highest BCUT2D eigenvalue weighted by molar-refractivity contribution is 5.95. The molecule has 2 aromatic carbocycles. The first kappa shape index (κ1) is 23.9. The van der Waals surface area contributed by atoms with Gasteiger partial charge in [0, 0.05) is 6.92 Å². The van der Waals surface area contributed by atoms with Gasteiger partial charge in [-0.25, -0.2) is 9.59 Å². The molecule has 13 heteroatoms. The Bertz CT molecular complexity index is 1140. The molecule has 0 saturated heterocycles. The lowest BCUT2D eigenvalue weighted by Crippen LogP contribution is -2.46. The largest absolute Gasteiger partial charge is 0.426 e. The van der Waals surface area contributed by atoms with Crippen LogP contribution in [0.15, 0.2) is 36.4 Å². The van der Waals surface area contributed by atoms with E-state index in [1.807, 2.05) is 0 Å². The number of benzene rings is 2. The summed E-state index contributed by atoms with van der Waals surface area (Å²) in [5.74, 6) is -7.69. The smallest absolute Gasteiger partial charge is 0.418 e. The Kier molecular flexibility index (Phi) is 5.77. The van der Waals surface area contributed by atoms with Crippen molar-refractivity contribution in [2.24, 2.45) is 0 Å². The summed E-state index contributed by atoms with van der Waals surface area (Å²) in [4.78, 5) is 36.0. The van der Waals surface area contributed by atoms with Crippen LogP contribution in [0.25, 0.3) is 0 Å². The van der Waals surface area contributed by atoms with Crippen LogP contribution in [0.2, 0.25) is 0 Å². The normalized spacial score (nSPS) is 18.0. The molecular formula is C20H12F6O7. The Balaban J connectivity index is 1.93. The van der Waals surface area contributed by atoms with E-state index >= 15 is 0 Å². The number of ether oxygens (including phenoxy) is 4. The minimum Gasteiger partial charge on any atom is -0.426 e. The van der Waals surface area contributed by atoms with Gasteiger partial charge in [-0.15, -0.1) is 0 Å². The predicted molar refractivity (Wildman–Crippen MR) is 94.1 cm³/mol. The molecule has 33 heavy (non-hydrogen) atoms. The number of cyclic esters (lactones) is 1. The SMILES string of the molecule is CC(=O)Oc1cc(C(F)(F)F)ccc1C(=O)O[C@]1(C)OC(=O)c2ccc(C(F)(F)F)cc2O1. The molecule has 7 nitrogen and oxygen atoms in total. The number of alkyl halides is 6. The fourth-order valence-electron chi connectivity index (χ4n) is 2.77. The second-order valence-corrected chi connectivity index (χ2v) is 6.75. The van der Waals surface area contributed by atoms with Gasteiger partial charge in [-0.2, -0.15) is 26.3 Å². The third-order valence-electron chi connectivity index (χ3n) is 4.16. The molecule has 1 aliphatic heterocycles. The van der Waals surface area contributed by atoms with Crippen LogP contribution in [-0.2, 0) is 26.6 Å². The summed E-state index contributed by atoms with van der Waals surface area (Å²) in [5, 5.41) is 0. The topological polar surface area (TPSA) is 88.1 Å². The van der Waals surface area contributed by atoms with Crippen LogP contribution in [0.3, 0.4) is 0 Å². The van der Waals surface area contributed by atoms with Gasteiger partial charge >= 0.3 is 36.2 Å². The Hall–Kier alpha value is -3.77. The Morgan fingerprint density at radius 2 is 1.48 bits per heavy atom. The third kappa shape index (κ3) is 5.18. The number of hydrogen-bond donors (Lipinski definition) is 0. The highest BCUT2D eigenvalue weighted by Gasteiger charge is 2.44. The van der Waals surface area contributed by atoms with Crippen molar-refractivity contribution in [1.29, 1.82) is 0 Å². The van der Waals surface area contributed by atoms with Gasteiger partial charge in [-0.3, -0.25) is 4.79 Å². The van der Waals surface area contributed by atoms with Crippen molar-refractivity contribution in [3.8, 4) is 11.5 Å². The first-order chi connectivity index (χ1) is 15.1. The van der Waals surface area contributed by atoms with Crippen LogP contribution in [0.5, 0.6) is 11.5 Å². The molecule has 0 radical (unpaired) electrons. The molecule has 0 saturated carbocycles. The fraction of sp³-hybridized carbons (Fsp3) is 0.250. The molecule has 1 aliphatic rings. The van der Waals surface area contributed by atoms with Gasteiger partial charge < -0.3 is 18.9 Å². The minimum absolute atomic E-state index is 0.374. The zero-order chi connectivity index (χ0) is 24.8. The van der Waals surface area contributed by atoms with Crippen LogP contribution in [0, 0.1) is 0 Å². The Labute approximate surface area is 180 Å². The fourth-order valence-corrected chi connectivity index (χ4v) is 2.77. The van der Waals surface area contributed by atoms with E-state index in [-0.39, 0.29) is 5.56 Å². The highest BCUT2D eigenvalue weighted by Crippen LogP contribution is 2.39. The number of fused-ring (bicyclic) bond motifs is 1. The van der Waals surface area contributed by atoms with Crippen molar-refractivity contribution < 1.29 is 59.7 Å². The minimum atomic E-state index is -4.83. The summed E-state index contributed by atoms with van der Waals surface area (Å²) in [6.45, 7) is 1.75. The molecule has 1 atom stereocenters. The molecule has 0 bridgehead atoms. The maximum Gasteiger partial charge on any atom is 0.418 e. The van der Waals surface area contributed by atoms with E-state index < -0.39 is 64.4 Å². The summed E-state index contributed by atoms with van der Waals surface area (Å²) in [6, 6.07) is 3.43. The summed E-state index contributed by atoms with van der Waals surface area (Å²) < 4.78 is 97.3. The molecule has 176 valence electrons. The van der Waals surface area contributed by atoms with E-state index in [0.717, 1.165) is 19.9 Å². The van der Waals surface area contributed by atoms with Crippen LogP contribution >= 0.6 is 0 Å². The quantitative estimate of drug-likeness (QED) is 0.358. The molecule has 0 aliphatic carbocycles. The van der Waals surface area contributed by atoms with Gasteiger partial charge in [0.2, 0.25) is 0 Å². The number of rotatable bonds is 3. The van der Waals surface area contributed by atoms with Gasteiger partial charge in [0.05, 0.1) is 18.1 Å². The Morgan fingerprint density at radius 1 is 0.909 bits per heavy atom. The van der Waals surface area contributed by atoms with Gasteiger partial charge in [-0.1, -0.05) is 0 Å². The standard InChI is InChI=1S/C20H12F6O7/c1-9(27)30-14-7-10(19(21,22)23)3-5-12(14)16(28)32-18(2)31-15-8-11(20(24,25)26)4-6-13(15)17(29)33-18/h3-8H,1-2H3/t18-/m1/s1. The van der Waals surface area contributed by atoms with Gasteiger partial charge in [0.1, 0.15) is 22.6 Å². The lowest BCUT2D eigenvalue weighted by molar-refractivity contribution is -0.279. The van der Waals surface area contributed by atoms with Crippen LogP contribution in [-0.4, -0.2) is 23.9 Å². The second kappa shape index (κ2) is 7.98. The number of hydrogen-bond acceptors (Lipinski definition) is 7. The number of carbonyl (C=O) groups excluding carboxylic acids is 3. The number of halogens is 6. The average Bonchev–Trinajstić information content (AvgIpc) is 2.65. The van der Waals surface area contributed by atoms with E-state index in [1.165, 1.54) is 0 Å². The lowest BCUT2D eigenvalue weighted by Gasteiger charge is -2.33. The van der Waals surface area contributed by atoms with Crippen molar-refractivity contribution in [3.05, 3.63) is 58.7 Å². The maximum absolute atomic E-state index is 13.0. The zero-order valence-corrected chi connectivity index (χ0v) is 16.6. The summed E-state index contributed by atoms with van der Waals surface area (Å²) in [7, 11) is 0. The molecule has 0 spiro atoms. The summed E-state index contributed by atoms with van der Waals surface area (Å²) in [5.41, 5.74) is -3.46. The maximum atomic E-state index is 13.0. The lowest BCUT2D eigenvalue weighted by atomic mass is 10.1. The van der Waals surface area contributed by atoms with E-state index in [1.54, 1.807) is 0 Å². The van der Waals surface area contributed by atoms with Gasteiger partial charge in [0.25, 0.3) is 0 Å². The van der Waals surface area contributed by atoms with Crippen molar-refractivity contribution >= 4 is 17.9 Å². The van der Waals surface area contributed by atoms with Gasteiger partial charge in [-0.05, 0) is 36.4 Å². The van der Waals surface area contributed by atoms with Crippen molar-refractivity contribution in [2.45, 2.75) is 32.2 Å². The van der Waals surface area contributed by atoms with Crippen molar-refractivity contribution in [1.82, 2.24) is 0 Å². The number of carbonyl (C=O) groups is 3. The predicted octanol–water partition coefficient (Wildman–Crippen LogP) is 4.73. The monoisotopic (exact) mass is 478 g/mol. The second-order valence-electron chi connectivity index (χ2n) is 6.75. The van der Waals surface area contributed by atoms with Crippen LogP contribution < -0.4 is 9.47 Å². The molecule has 0 unspecified atom stereocenters. The summed E-state index contributed by atoms with van der Waals surface area (Å²) >= 11 is 0. The molecule has 2 aromatic rings. The first-order valence-electron chi connectivity index (χ1n) is 8.86. The molecule has 1 heterocycles. The van der Waals surface area contributed by atoms with Crippen LogP contribution in [0.4, 0.5) is 26.3 Å². The molecule has 0 N–H and O–H groups in total.